The highest BCUT2D eigenvalue weighted by Crippen LogP contribution is 2.32. The van der Waals surface area contributed by atoms with Gasteiger partial charge >= 0.3 is 0 Å². The summed E-state index contributed by atoms with van der Waals surface area (Å²) >= 11 is 6.27. The first-order valence-electron chi connectivity index (χ1n) is 8.91. The van der Waals surface area contributed by atoms with Gasteiger partial charge in [0.15, 0.2) is 0 Å². The number of benzene rings is 1. The van der Waals surface area contributed by atoms with E-state index in [0.717, 1.165) is 32.4 Å². The molecular formula is C18H27Cl3FN3O2. The van der Waals surface area contributed by atoms with Gasteiger partial charge in [-0.3, -0.25) is 9.69 Å². The third kappa shape index (κ3) is 5.92. The van der Waals surface area contributed by atoms with E-state index in [1.165, 1.54) is 6.07 Å². The van der Waals surface area contributed by atoms with Crippen LogP contribution in [0.3, 0.4) is 0 Å². The molecule has 154 valence electrons. The lowest BCUT2D eigenvalue weighted by Crippen LogP contribution is -2.41. The molecule has 1 amide bonds. The summed E-state index contributed by atoms with van der Waals surface area (Å²) in [5.41, 5.74) is 6.05. The van der Waals surface area contributed by atoms with Crippen molar-refractivity contribution in [2.75, 3.05) is 26.2 Å². The van der Waals surface area contributed by atoms with Gasteiger partial charge in [0.1, 0.15) is 11.9 Å². The minimum atomic E-state index is -0.469. The highest BCUT2D eigenvalue weighted by Gasteiger charge is 2.32. The van der Waals surface area contributed by atoms with Crippen LogP contribution >= 0.6 is 36.4 Å². The van der Waals surface area contributed by atoms with Gasteiger partial charge in [-0.1, -0.05) is 17.7 Å². The molecule has 1 aromatic rings. The van der Waals surface area contributed by atoms with Crippen LogP contribution in [0.5, 0.6) is 0 Å². The monoisotopic (exact) mass is 441 g/mol. The molecule has 0 aliphatic carbocycles. The highest BCUT2D eigenvalue weighted by molar-refractivity contribution is 6.31. The van der Waals surface area contributed by atoms with Crippen molar-refractivity contribution in [3.63, 3.8) is 0 Å². The third-order valence-corrected chi connectivity index (χ3v) is 5.38. The van der Waals surface area contributed by atoms with Crippen molar-refractivity contribution in [1.29, 1.82) is 0 Å². The summed E-state index contributed by atoms with van der Waals surface area (Å²) in [6.45, 7) is 2.48. The van der Waals surface area contributed by atoms with Crippen molar-refractivity contribution < 1.29 is 13.9 Å². The molecule has 3 N–H and O–H groups in total. The smallest absolute Gasteiger partial charge is 0.249 e. The van der Waals surface area contributed by atoms with Crippen LogP contribution in [0, 0.1) is 5.82 Å². The van der Waals surface area contributed by atoms with Gasteiger partial charge < -0.3 is 15.8 Å². The summed E-state index contributed by atoms with van der Waals surface area (Å²) in [7, 11) is 0. The van der Waals surface area contributed by atoms with E-state index in [2.05, 4.69) is 10.2 Å². The van der Waals surface area contributed by atoms with Crippen LogP contribution in [0.2, 0.25) is 5.02 Å². The maximum Gasteiger partial charge on any atom is 0.249 e. The SMILES string of the molecule is Cl.Cl.NC[C@H]1CC[C@@H](C(=O)NCC(c2c(F)cccc2Cl)N2CCCC2)O1. The summed E-state index contributed by atoms with van der Waals surface area (Å²) in [6, 6.07) is 4.43. The van der Waals surface area contributed by atoms with Crippen LogP contribution in [0.4, 0.5) is 4.39 Å². The average Bonchev–Trinajstić information content (AvgIpc) is 3.28. The lowest BCUT2D eigenvalue weighted by atomic mass is 10.0. The molecule has 1 unspecified atom stereocenters. The normalized spacial score (nSPS) is 23.4. The Bertz CT molecular complexity index is 597. The van der Waals surface area contributed by atoms with E-state index >= 15 is 0 Å². The average molecular weight is 443 g/mol. The number of carbonyl (C=O) groups is 1. The molecular weight excluding hydrogens is 416 g/mol. The predicted octanol–water partition coefficient (Wildman–Crippen LogP) is 3.08. The molecule has 2 fully saturated rings. The molecule has 0 bridgehead atoms. The first-order chi connectivity index (χ1) is 12.1. The van der Waals surface area contributed by atoms with E-state index in [9.17, 15) is 9.18 Å². The molecule has 0 radical (unpaired) electrons. The van der Waals surface area contributed by atoms with Crippen LogP contribution < -0.4 is 11.1 Å². The molecule has 3 atom stereocenters. The number of nitrogens with two attached hydrogens (primary N) is 1. The van der Waals surface area contributed by atoms with Gasteiger partial charge in [0.25, 0.3) is 0 Å². The molecule has 5 nitrogen and oxygen atoms in total. The van der Waals surface area contributed by atoms with Crippen molar-refractivity contribution in [3.05, 3.63) is 34.6 Å². The maximum absolute atomic E-state index is 14.4. The summed E-state index contributed by atoms with van der Waals surface area (Å²) in [6.07, 6.45) is 3.09. The highest BCUT2D eigenvalue weighted by atomic mass is 35.5. The fourth-order valence-corrected chi connectivity index (χ4v) is 3.97. The molecule has 1 aromatic carbocycles. The zero-order chi connectivity index (χ0) is 17.8. The van der Waals surface area contributed by atoms with E-state index in [0.29, 0.717) is 30.1 Å². The Morgan fingerprint density at radius 1 is 1.33 bits per heavy atom. The van der Waals surface area contributed by atoms with Crippen LogP contribution in [-0.4, -0.2) is 49.2 Å². The van der Waals surface area contributed by atoms with Crippen LogP contribution in [0.15, 0.2) is 18.2 Å². The van der Waals surface area contributed by atoms with Gasteiger partial charge in [-0.2, -0.15) is 0 Å². The van der Waals surface area contributed by atoms with E-state index < -0.39 is 6.10 Å². The van der Waals surface area contributed by atoms with E-state index in [1.54, 1.807) is 12.1 Å². The number of carbonyl (C=O) groups excluding carboxylic acids is 1. The lowest BCUT2D eigenvalue weighted by Gasteiger charge is -2.29. The van der Waals surface area contributed by atoms with Gasteiger partial charge in [-0.15, -0.1) is 24.8 Å². The zero-order valence-corrected chi connectivity index (χ0v) is 17.4. The Morgan fingerprint density at radius 3 is 2.63 bits per heavy atom. The topological polar surface area (TPSA) is 67.6 Å². The molecule has 2 aliphatic rings. The van der Waals surface area contributed by atoms with Gasteiger partial charge in [-0.05, 0) is 50.9 Å². The van der Waals surface area contributed by atoms with Gasteiger partial charge in [-0.25, -0.2) is 4.39 Å². The van der Waals surface area contributed by atoms with Crippen LogP contribution in [0.1, 0.15) is 37.3 Å². The fourth-order valence-electron chi connectivity index (χ4n) is 3.68. The molecule has 27 heavy (non-hydrogen) atoms. The number of ether oxygens (including phenoxy) is 1. The molecule has 2 saturated heterocycles. The van der Waals surface area contributed by atoms with Crippen molar-refractivity contribution in [2.24, 2.45) is 5.73 Å². The van der Waals surface area contributed by atoms with E-state index in [-0.39, 0.29) is 48.7 Å². The molecule has 0 saturated carbocycles. The second kappa shape index (κ2) is 11.4. The summed E-state index contributed by atoms with van der Waals surface area (Å²) in [5, 5.41) is 3.32. The fraction of sp³-hybridized carbons (Fsp3) is 0.611. The molecule has 2 aliphatic heterocycles. The van der Waals surface area contributed by atoms with Gasteiger partial charge in [0, 0.05) is 23.7 Å². The summed E-state index contributed by atoms with van der Waals surface area (Å²) in [4.78, 5) is 14.6. The zero-order valence-electron chi connectivity index (χ0n) is 15.0. The molecule has 2 heterocycles. The maximum atomic E-state index is 14.4. The summed E-state index contributed by atoms with van der Waals surface area (Å²) in [5.74, 6) is -0.494. The molecule has 0 aromatic heterocycles. The van der Waals surface area contributed by atoms with Crippen molar-refractivity contribution in [2.45, 2.75) is 43.9 Å². The summed E-state index contributed by atoms with van der Waals surface area (Å²) < 4.78 is 20.0. The quantitative estimate of drug-likeness (QED) is 0.710. The first-order valence-corrected chi connectivity index (χ1v) is 9.29. The Morgan fingerprint density at radius 2 is 2.04 bits per heavy atom. The molecule has 3 rings (SSSR count). The number of likely N-dealkylation sites (tertiary alicyclic amines) is 1. The van der Waals surface area contributed by atoms with E-state index in [1.807, 2.05) is 0 Å². The molecule has 0 spiro atoms. The van der Waals surface area contributed by atoms with Gasteiger partial charge in [0.2, 0.25) is 5.91 Å². The Labute approximate surface area is 176 Å². The number of nitrogens with zero attached hydrogens (tertiary/aromatic N) is 1. The van der Waals surface area contributed by atoms with Gasteiger partial charge in [0.05, 0.1) is 12.1 Å². The number of nitrogens with one attached hydrogen (secondary N) is 1. The number of rotatable bonds is 6. The largest absolute Gasteiger partial charge is 0.364 e. The molecule has 9 heteroatoms. The Hall–Kier alpha value is -0.630. The van der Waals surface area contributed by atoms with Crippen molar-refractivity contribution in [3.8, 4) is 0 Å². The lowest BCUT2D eigenvalue weighted by molar-refractivity contribution is -0.132. The first kappa shape index (κ1) is 24.4. The Kier molecular flexibility index (Phi) is 10.3. The van der Waals surface area contributed by atoms with Crippen molar-refractivity contribution >= 4 is 42.3 Å². The second-order valence-electron chi connectivity index (χ2n) is 6.70. The van der Waals surface area contributed by atoms with E-state index in [4.69, 9.17) is 22.1 Å². The van der Waals surface area contributed by atoms with Crippen molar-refractivity contribution in [1.82, 2.24) is 10.2 Å². The third-order valence-electron chi connectivity index (χ3n) is 5.05. The number of halogens is 4. The Balaban J connectivity index is 0.00000182. The minimum Gasteiger partial charge on any atom is -0.364 e. The number of hydrogen-bond acceptors (Lipinski definition) is 4. The van der Waals surface area contributed by atoms with Crippen LogP contribution in [-0.2, 0) is 9.53 Å². The van der Waals surface area contributed by atoms with Crippen LogP contribution in [0.25, 0.3) is 0 Å². The second-order valence-corrected chi connectivity index (χ2v) is 7.11. The minimum absolute atomic E-state index is 0. The number of hydrogen-bond donors (Lipinski definition) is 2. The predicted molar refractivity (Wildman–Crippen MR) is 109 cm³/mol. The standard InChI is InChI=1S/C18H25ClFN3O2.2ClH/c19-13-4-3-5-14(20)17(13)15(23-8-1-2-9-23)11-22-18(24)16-7-6-12(10-21)25-16;;/h3-5,12,15-16H,1-2,6-11,21H2,(H,22,24);2*1H/t12-,15?,16+;;/m1../s1. The number of amides is 1.